The maximum atomic E-state index is 15.3. The fraction of sp³-hybridized carbons (Fsp3) is 0.107. The van der Waals surface area contributed by atoms with Gasteiger partial charge in [-0.2, -0.15) is 8.78 Å². The minimum absolute atomic E-state index is 0.160. The standard InChI is InChI=1S/C28H24F2O5S2/c29-28(30,27(31)34-22-21-23-13-5-1-6-14-23)37(32,33)35-36(24-15-7-2-8-16-24,25-17-9-3-10-18-25)26-19-11-4-12-20-26/h1-20H,21-22H2/p+1. The Morgan fingerprint density at radius 1 is 0.676 bits per heavy atom. The number of ether oxygens (including phenoxy) is 1. The summed E-state index contributed by atoms with van der Waals surface area (Å²) in [5.41, 5.74) is 0.756. The second-order valence-electron chi connectivity index (χ2n) is 7.96. The van der Waals surface area contributed by atoms with Gasteiger partial charge < -0.3 is 4.74 Å². The molecule has 4 aromatic rings. The van der Waals surface area contributed by atoms with Crippen molar-refractivity contribution >= 4 is 26.4 Å². The Balaban J connectivity index is 1.73. The molecule has 4 rings (SSSR count). The van der Waals surface area contributed by atoms with E-state index < -0.39 is 38.3 Å². The quantitative estimate of drug-likeness (QED) is 0.127. The number of carbonyl (C=O) groups is 1. The van der Waals surface area contributed by atoms with Crippen LogP contribution in [0.5, 0.6) is 0 Å². The Morgan fingerprint density at radius 2 is 1.05 bits per heavy atom. The summed E-state index contributed by atoms with van der Waals surface area (Å²) in [6.07, 6.45) is 0.160. The lowest BCUT2D eigenvalue weighted by Crippen LogP contribution is -2.42. The molecule has 4 aromatic carbocycles. The third-order valence-corrected chi connectivity index (χ3v) is 10.8. The van der Waals surface area contributed by atoms with Crippen LogP contribution < -0.4 is 0 Å². The molecule has 9 heteroatoms. The van der Waals surface area contributed by atoms with Crippen molar-refractivity contribution in [2.24, 2.45) is 0 Å². The molecule has 5 nitrogen and oxygen atoms in total. The van der Waals surface area contributed by atoms with Gasteiger partial charge in [0.05, 0.1) is 31.6 Å². The van der Waals surface area contributed by atoms with E-state index in [9.17, 15) is 13.2 Å². The van der Waals surface area contributed by atoms with E-state index >= 15 is 8.78 Å². The summed E-state index contributed by atoms with van der Waals surface area (Å²) >= 11 is 0. The van der Waals surface area contributed by atoms with Gasteiger partial charge in [0.25, 0.3) is 0 Å². The predicted molar refractivity (Wildman–Crippen MR) is 139 cm³/mol. The molecule has 0 unspecified atom stereocenters. The molecule has 0 spiro atoms. The highest BCUT2D eigenvalue weighted by molar-refractivity contribution is 8.32. The van der Waals surface area contributed by atoms with Crippen LogP contribution in [0.2, 0.25) is 0 Å². The van der Waals surface area contributed by atoms with Crippen LogP contribution in [-0.4, -0.2) is 29.9 Å². The Bertz CT molecular complexity index is 1320. The van der Waals surface area contributed by atoms with Gasteiger partial charge in [-0.15, -0.1) is 8.42 Å². The molecule has 0 fully saturated rings. The Kier molecular flexibility index (Phi) is 8.06. The van der Waals surface area contributed by atoms with Crippen molar-refractivity contribution in [2.75, 3.05) is 6.61 Å². The van der Waals surface area contributed by atoms with Crippen LogP contribution in [0.25, 0.3) is 0 Å². The molecule has 37 heavy (non-hydrogen) atoms. The normalized spacial score (nSPS) is 12.6. The fourth-order valence-corrected chi connectivity index (χ4v) is 9.00. The highest BCUT2D eigenvalue weighted by atomic mass is 32.3. The fourth-order valence-electron chi connectivity index (χ4n) is 3.68. The van der Waals surface area contributed by atoms with E-state index in [1.165, 1.54) is 0 Å². The Labute approximate surface area is 216 Å². The molecule has 1 N–H and O–H groups in total. The Hall–Kier alpha value is -3.53. The summed E-state index contributed by atoms with van der Waals surface area (Å²) in [5, 5.41) is -4.89. The largest absolute Gasteiger partial charge is 0.514 e. The molecule has 0 saturated carbocycles. The van der Waals surface area contributed by atoms with Gasteiger partial charge >= 0.3 is 21.3 Å². The number of alkyl halides is 2. The summed E-state index contributed by atoms with van der Waals surface area (Å²) < 4.78 is 65.7. The van der Waals surface area contributed by atoms with Crippen molar-refractivity contribution in [1.82, 2.24) is 0 Å². The molecule has 192 valence electrons. The maximum Gasteiger partial charge on any atom is 0.514 e. The number of rotatable bonds is 10. The monoisotopic (exact) mass is 543 g/mol. The first-order valence-electron chi connectivity index (χ1n) is 11.3. The van der Waals surface area contributed by atoms with Gasteiger partial charge in [0.2, 0.25) is 0 Å². The Morgan fingerprint density at radius 3 is 1.46 bits per heavy atom. The van der Waals surface area contributed by atoms with Gasteiger partial charge in [-0.1, -0.05) is 84.9 Å². The zero-order valence-corrected chi connectivity index (χ0v) is 21.2. The molecule has 0 aliphatic rings. The SMILES string of the molecule is O=C(OCCc1ccccc1)C(F)(F)S(=O)(=O)[OH+]S(c1ccccc1)(c1ccccc1)c1ccccc1. The van der Waals surface area contributed by atoms with Crippen molar-refractivity contribution in [2.45, 2.75) is 26.4 Å². The van der Waals surface area contributed by atoms with Gasteiger partial charge in [0.1, 0.15) is 0 Å². The third kappa shape index (κ3) is 5.58. The number of hydrogen-bond acceptors (Lipinski definition) is 4. The average molecular weight is 544 g/mol. The van der Waals surface area contributed by atoms with Crippen molar-refractivity contribution < 1.29 is 30.4 Å². The number of carbonyl (C=O) groups excluding carboxylic acids is 1. The lowest BCUT2D eigenvalue weighted by molar-refractivity contribution is -0.161. The van der Waals surface area contributed by atoms with Crippen LogP contribution in [-0.2, 0) is 26.1 Å². The minimum Gasteiger partial charge on any atom is -0.460 e. The summed E-state index contributed by atoms with van der Waals surface area (Å²) in [5.74, 6) is -2.16. The van der Waals surface area contributed by atoms with Gasteiger partial charge in [0.15, 0.2) is 0 Å². The van der Waals surface area contributed by atoms with Crippen LogP contribution in [0, 0.1) is 0 Å². The average Bonchev–Trinajstić information content (AvgIpc) is 2.93. The molecule has 0 heterocycles. The van der Waals surface area contributed by atoms with E-state index in [0.29, 0.717) is 14.7 Å². The van der Waals surface area contributed by atoms with Crippen molar-refractivity contribution in [1.29, 1.82) is 0 Å². The van der Waals surface area contributed by atoms with Gasteiger partial charge in [-0.25, -0.2) is 4.79 Å². The highest BCUT2D eigenvalue weighted by Gasteiger charge is 2.63. The summed E-state index contributed by atoms with van der Waals surface area (Å²) in [4.78, 5) is 13.7. The molecular weight excluding hydrogens is 518 g/mol. The van der Waals surface area contributed by atoms with Gasteiger partial charge in [0, 0.05) is 6.42 Å². The van der Waals surface area contributed by atoms with E-state index in [1.807, 2.05) is 0 Å². The number of esters is 1. The molecule has 0 aromatic heterocycles. The smallest absolute Gasteiger partial charge is 0.460 e. The summed E-state index contributed by atoms with van der Waals surface area (Å²) in [6.45, 7) is -0.401. The predicted octanol–water partition coefficient (Wildman–Crippen LogP) is 6.69. The van der Waals surface area contributed by atoms with Crippen LogP contribution in [0.15, 0.2) is 136 Å². The molecular formula is C28H25F2O5S2+. The van der Waals surface area contributed by atoms with E-state index in [-0.39, 0.29) is 6.42 Å². The molecule has 0 bridgehead atoms. The maximum absolute atomic E-state index is 15.3. The third-order valence-electron chi connectivity index (χ3n) is 5.49. The van der Waals surface area contributed by atoms with Crippen LogP contribution in [0.4, 0.5) is 8.78 Å². The van der Waals surface area contributed by atoms with Crippen LogP contribution in [0.3, 0.4) is 0 Å². The highest BCUT2D eigenvalue weighted by Crippen LogP contribution is 2.68. The van der Waals surface area contributed by atoms with E-state index in [4.69, 9.17) is 4.74 Å². The second-order valence-corrected chi connectivity index (χ2v) is 12.6. The molecule has 0 aliphatic carbocycles. The molecule has 0 amide bonds. The van der Waals surface area contributed by atoms with E-state index in [2.05, 4.69) is 3.63 Å². The lowest BCUT2D eigenvalue weighted by Gasteiger charge is -2.35. The number of benzene rings is 4. The number of hydrogen-bond donors (Lipinski definition) is 0. The van der Waals surface area contributed by atoms with Gasteiger partial charge in [-0.05, 0) is 42.0 Å². The first-order chi connectivity index (χ1) is 17.8. The minimum atomic E-state index is -5.70. The molecule has 0 saturated heterocycles. The topological polar surface area (TPSA) is 73.2 Å². The van der Waals surface area contributed by atoms with Crippen LogP contribution >= 0.6 is 10.3 Å². The zero-order chi connectivity index (χ0) is 26.4. The molecule has 0 atom stereocenters. The first-order valence-corrected chi connectivity index (χ1v) is 14.4. The second kappa shape index (κ2) is 11.2. The van der Waals surface area contributed by atoms with Crippen molar-refractivity contribution in [3.8, 4) is 0 Å². The van der Waals surface area contributed by atoms with E-state index in [1.54, 1.807) is 121 Å². The summed E-state index contributed by atoms with van der Waals surface area (Å²) in [6, 6.07) is 33.9. The first kappa shape index (κ1) is 26.5. The number of halogens is 2. The van der Waals surface area contributed by atoms with Crippen molar-refractivity contribution in [3.63, 3.8) is 0 Å². The van der Waals surface area contributed by atoms with Gasteiger partial charge in [-0.3, -0.25) is 3.63 Å². The van der Waals surface area contributed by atoms with E-state index in [0.717, 1.165) is 5.56 Å². The zero-order valence-electron chi connectivity index (χ0n) is 19.6. The lowest BCUT2D eigenvalue weighted by atomic mass is 10.2. The molecule has 0 radical (unpaired) electrons. The summed E-state index contributed by atoms with van der Waals surface area (Å²) in [7, 11) is -8.82. The van der Waals surface area contributed by atoms with Crippen LogP contribution in [0.1, 0.15) is 5.56 Å². The molecule has 0 aliphatic heterocycles. The van der Waals surface area contributed by atoms with Crippen molar-refractivity contribution in [3.05, 3.63) is 127 Å².